The SMILES string of the molecule is [Cu].[O]=[GaH].[Zn]. The van der Waals surface area contributed by atoms with Crippen molar-refractivity contribution >= 4 is 18.6 Å². The van der Waals surface area contributed by atoms with Gasteiger partial charge in [-0.2, -0.15) is 0 Å². The molecule has 0 fully saturated rings. The van der Waals surface area contributed by atoms with Gasteiger partial charge in [-0.3, -0.25) is 0 Å². The molecule has 0 atom stereocenters. The van der Waals surface area contributed by atoms with Crippen LogP contribution in [0.4, 0.5) is 0 Å². The second-order valence-corrected chi connectivity index (χ2v) is 0. The zero-order valence-electron chi connectivity index (χ0n) is 2.12. The van der Waals surface area contributed by atoms with E-state index in [1.54, 1.807) is 0 Å². The van der Waals surface area contributed by atoms with E-state index in [0.717, 1.165) is 0 Å². The van der Waals surface area contributed by atoms with Crippen LogP contribution in [-0.4, -0.2) is 18.6 Å². The summed E-state index contributed by atoms with van der Waals surface area (Å²) in [4.78, 5) is 0. The summed E-state index contributed by atoms with van der Waals surface area (Å²) in [5.74, 6) is 0. The van der Waals surface area contributed by atoms with Crippen LogP contribution in [0.1, 0.15) is 0 Å². The fourth-order valence-corrected chi connectivity index (χ4v) is 0. The van der Waals surface area contributed by atoms with Gasteiger partial charge >= 0.3 is 22.1 Å². The van der Waals surface area contributed by atoms with Crippen molar-refractivity contribution in [1.29, 1.82) is 0 Å². The molecule has 0 rings (SSSR count). The van der Waals surface area contributed by atoms with Crippen LogP contribution in [0.3, 0.4) is 0 Å². The average Bonchev–Trinajstić information content (AvgIpc) is 1.00. The summed E-state index contributed by atoms with van der Waals surface area (Å²) in [5.41, 5.74) is 0. The first-order valence-corrected chi connectivity index (χ1v) is 1.50. The predicted octanol–water partition coefficient (Wildman–Crippen LogP) is -0.772. The van der Waals surface area contributed by atoms with E-state index in [-0.39, 0.29) is 55.1 Å². The molecular formula is HCuGaOZn. The molecule has 4 heavy (non-hydrogen) atoms. The molecule has 0 aromatic carbocycles. The molecule has 0 aromatic rings. The van der Waals surface area contributed by atoms with Crippen LogP contribution in [0.25, 0.3) is 0 Å². The van der Waals surface area contributed by atoms with Gasteiger partial charge in [0.1, 0.15) is 0 Å². The molecule has 1 nitrogen and oxygen atoms in total. The Morgan fingerprint density at radius 1 is 1.25 bits per heavy atom. The first-order valence-electron chi connectivity index (χ1n) is 0.289. The zero-order valence-corrected chi connectivity index (χ0v) is 9.00. The van der Waals surface area contributed by atoms with Gasteiger partial charge in [-0.25, -0.2) is 0 Å². The topological polar surface area (TPSA) is 17.1 Å². The normalized spacial score (nSPS) is 0.750. The van der Waals surface area contributed by atoms with Crippen LogP contribution >= 0.6 is 0 Å². The molecule has 4 heteroatoms. The summed E-state index contributed by atoms with van der Waals surface area (Å²) < 4.78 is 8.38. The Morgan fingerprint density at radius 2 is 1.25 bits per heavy atom. The maximum absolute atomic E-state index is 8.38. The Bertz CT molecular complexity index is 8.00. The smallest absolute Gasteiger partial charge is 0 e. The van der Waals surface area contributed by atoms with E-state index in [1.165, 1.54) is 0 Å². The van der Waals surface area contributed by atoms with E-state index < -0.39 is 0 Å². The van der Waals surface area contributed by atoms with Gasteiger partial charge in [0, 0.05) is 36.5 Å². The molecule has 1 radical (unpaired) electrons. The van der Waals surface area contributed by atoms with Crippen molar-refractivity contribution in [3.8, 4) is 0 Å². The summed E-state index contributed by atoms with van der Waals surface area (Å²) >= 11 is 0.125. The van der Waals surface area contributed by atoms with Crippen LogP contribution in [0.5, 0.6) is 0 Å². The molecule has 0 heterocycles. The number of hydrogen-bond donors (Lipinski definition) is 0. The molecule has 0 aliphatic rings. The minimum absolute atomic E-state index is 0. The first kappa shape index (κ1) is 17.6. The van der Waals surface area contributed by atoms with Crippen LogP contribution < -0.4 is 0 Å². The zero-order chi connectivity index (χ0) is 2.00. The van der Waals surface area contributed by atoms with Gasteiger partial charge in [0.05, 0.1) is 0 Å². The van der Waals surface area contributed by atoms with E-state index in [2.05, 4.69) is 0 Å². The van der Waals surface area contributed by atoms with Gasteiger partial charge in [0.15, 0.2) is 0 Å². The fourth-order valence-electron chi connectivity index (χ4n) is 0. The van der Waals surface area contributed by atoms with Crippen molar-refractivity contribution in [2.75, 3.05) is 0 Å². The maximum Gasteiger partial charge on any atom is 0 e. The molecule has 0 bridgehead atoms. The molecule has 0 unspecified atom stereocenters. The fraction of sp³-hybridized carbons (Fsp3) is 0. The quantitative estimate of drug-likeness (QED) is 0.485. The molecule has 0 aliphatic heterocycles. The molecule has 23 valence electrons. The average molecular weight is 216 g/mol. The van der Waals surface area contributed by atoms with E-state index in [9.17, 15) is 0 Å². The van der Waals surface area contributed by atoms with Crippen LogP contribution in [0.2, 0.25) is 0 Å². The Morgan fingerprint density at radius 3 is 1.25 bits per heavy atom. The standard InChI is InChI=1S/Cu.Ga.O.Zn.H. The van der Waals surface area contributed by atoms with E-state index in [0.29, 0.717) is 0 Å². The van der Waals surface area contributed by atoms with Gasteiger partial charge in [-0.1, -0.05) is 0 Å². The van der Waals surface area contributed by atoms with E-state index in [1.807, 2.05) is 0 Å². The third-order valence-electron chi connectivity index (χ3n) is 0. The number of hydrogen-bond acceptors (Lipinski definition) is 1. The molecular weight excluding hydrogens is 215 g/mol. The summed E-state index contributed by atoms with van der Waals surface area (Å²) in [6, 6.07) is 0. The first-order chi connectivity index (χ1) is 1.00. The summed E-state index contributed by atoms with van der Waals surface area (Å²) in [6.07, 6.45) is 0. The van der Waals surface area contributed by atoms with Crippen LogP contribution in [0, 0.1) is 0 Å². The predicted molar refractivity (Wildman–Crippen MR) is 7.84 cm³/mol. The van der Waals surface area contributed by atoms with Crippen molar-refractivity contribution in [3.05, 3.63) is 0 Å². The molecule has 0 saturated heterocycles. The van der Waals surface area contributed by atoms with Crippen molar-refractivity contribution in [3.63, 3.8) is 0 Å². The van der Waals surface area contributed by atoms with Gasteiger partial charge in [-0.15, -0.1) is 0 Å². The minimum Gasteiger partial charge on any atom is 0 e. The number of rotatable bonds is 0. The third kappa shape index (κ3) is 9.55. The Kier molecular flexibility index (Phi) is 103. The van der Waals surface area contributed by atoms with E-state index >= 15 is 0 Å². The van der Waals surface area contributed by atoms with Crippen molar-refractivity contribution in [2.45, 2.75) is 0 Å². The van der Waals surface area contributed by atoms with Crippen molar-refractivity contribution in [1.82, 2.24) is 0 Å². The largest absolute Gasteiger partial charge is 0 e. The van der Waals surface area contributed by atoms with Crippen LogP contribution in [-0.2, 0) is 40.1 Å². The second kappa shape index (κ2) is 23.5. The molecule has 0 spiro atoms. The van der Waals surface area contributed by atoms with Gasteiger partial charge in [-0.05, 0) is 0 Å². The Balaban J connectivity index is -0.00000000500. The van der Waals surface area contributed by atoms with Crippen LogP contribution in [0.15, 0.2) is 0 Å². The van der Waals surface area contributed by atoms with Gasteiger partial charge in [0.25, 0.3) is 0 Å². The van der Waals surface area contributed by atoms with Gasteiger partial charge < -0.3 is 0 Å². The Labute approximate surface area is 58.3 Å². The maximum atomic E-state index is 8.38. The molecule has 0 N–H and O–H groups in total. The summed E-state index contributed by atoms with van der Waals surface area (Å²) in [5, 5.41) is 0. The minimum atomic E-state index is 0. The second-order valence-electron chi connectivity index (χ2n) is 0. The Hall–Kier alpha value is 1.58. The monoisotopic (exact) mass is 213 g/mol. The molecule has 0 saturated carbocycles. The summed E-state index contributed by atoms with van der Waals surface area (Å²) in [6.45, 7) is 0. The molecule has 0 aliphatic carbocycles. The summed E-state index contributed by atoms with van der Waals surface area (Å²) in [7, 11) is 0. The molecule has 0 aromatic heterocycles. The molecule has 0 amide bonds. The van der Waals surface area contributed by atoms with Gasteiger partial charge in [0.2, 0.25) is 0 Å². The van der Waals surface area contributed by atoms with E-state index in [4.69, 9.17) is 3.54 Å². The third-order valence-corrected chi connectivity index (χ3v) is 0. The van der Waals surface area contributed by atoms with Crippen molar-refractivity contribution < 1.29 is 40.1 Å². The van der Waals surface area contributed by atoms with Crippen molar-refractivity contribution in [2.24, 2.45) is 0 Å².